The minimum absolute atomic E-state index is 0.0440. The first-order chi connectivity index (χ1) is 9.61. The predicted octanol–water partition coefficient (Wildman–Crippen LogP) is 1.95. The Morgan fingerprint density at radius 1 is 1.33 bits per heavy atom. The van der Waals surface area contributed by atoms with Gasteiger partial charge < -0.3 is 4.74 Å². The van der Waals surface area contributed by atoms with E-state index in [1.165, 1.54) is 0 Å². The van der Waals surface area contributed by atoms with Crippen LogP contribution < -0.4 is 4.72 Å². The lowest BCUT2D eigenvalue weighted by molar-refractivity contribution is -0.139. The summed E-state index contributed by atoms with van der Waals surface area (Å²) in [5, 5.41) is -0.373. The van der Waals surface area contributed by atoms with Gasteiger partial charge in [-0.1, -0.05) is 11.6 Å². The highest BCUT2D eigenvalue weighted by atomic mass is 35.5. The van der Waals surface area contributed by atoms with Crippen LogP contribution in [0.3, 0.4) is 0 Å². The lowest BCUT2D eigenvalue weighted by atomic mass is 10.2. The maximum absolute atomic E-state index is 12.6. The molecule has 0 amide bonds. The fourth-order valence-corrected chi connectivity index (χ4v) is 3.48. The Bertz CT molecular complexity index is 675. The molecular formula is C11H9ClF3NO4S. The summed E-state index contributed by atoms with van der Waals surface area (Å²) in [7, 11) is -4.37. The second kappa shape index (κ2) is 5.47. The van der Waals surface area contributed by atoms with Gasteiger partial charge in [0, 0.05) is 6.42 Å². The number of hydrogen-bond donors (Lipinski definition) is 1. The first-order valence-electron chi connectivity index (χ1n) is 5.67. The summed E-state index contributed by atoms with van der Waals surface area (Å²) in [4.78, 5) is 10.5. The van der Waals surface area contributed by atoms with Crippen LogP contribution in [0.4, 0.5) is 13.2 Å². The van der Waals surface area contributed by atoms with Gasteiger partial charge in [-0.25, -0.2) is 8.42 Å². The van der Waals surface area contributed by atoms with Gasteiger partial charge in [-0.3, -0.25) is 4.79 Å². The third-order valence-electron chi connectivity index (χ3n) is 2.78. The number of alkyl halides is 3. The van der Waals surface area contributed by atoms with Gasteiger partial charge in [-0.15, -0.1) is 0 Å². The van der Waals surface area contributed by atoms with Gasteiger partial charge >= 0.3 is 12.1 Å². The van der Waals surface area contributed by atoms with Crippen molar-refractivity contribution in [3.8, 4) is 0 Å². The lowest BCUT2D eigenvalue weighted by Crippen LogP contribution is -2.38. The number of cyclic esters (lactones) is 1. The molecule has 0 spiro atoms. The summed E-state index contributed by atoms with van der Waals surface area (Å²) in [5.74, 6) is -0.776. The fourth-order valence-electron chi connectivity index (χ4n) is 1.74. The minimum Gasteiger partial charge on any atom is -0.464 e. The molecule has 1 aromatic carbocycles. The van der Waals surface area contributed by atoms with Crippen molar-refractivity contribution >= 4 is 27.6 Å². The van der Waals surface area contributed by atoms with Gasteiger partial charge in [0.15, 0.2) is 0 Å². The molecule has 21 heavy (non-hydrogen) atoms. The highest BCUT2D eigenvalue weighted by Gasteiger charge is 2.35. The Balaban J connectivity index is 2.37. The Morgan fingerprint density at radius 3 is 2.52 bits per heavy atom. The molecule has 1 atom stereocenters. The molecule has 5 nitrogen and oxygen atoms in total. The first-order valence-corrected chi connectivity index (χ1v) is 7.53. The number of sulfonamides is 1. The monoisotopic (exact) mass is 343 g/mol. The number of nitrogens with one attached hydrogen (secondary N) is 1. The summed E-state index contributed by atoms with van der Waals surface area (Å²) < 4.78 is 68.6. The Kier molecular flexibility index (Phi) is 4.18. The van der Waals surface area contributed by atoms with E-state index in [4.69, 9.17) is 11.6 Å². The molecule has 10 heteroatoms. The van der Waals surface area contributed by atoms with Crippen molar-refractivity contribution in [3.05, 3.63) is 28.8 Å². The number of halogens is 4. The van der Waals surface area contributed by atoms with Crippen molar-refractivity contribution in [2.75, 3.05) is 6.61 Å². The van der Waals surface area contributed by atoms with Gasteiger partial charge in [-0.2, -0.15) is 17.9 Å². The van der Waals surface area contributed by atoms with E-state index >= 15 is 0 Å². The van der Waals surface area contributed by atoms with Crippen LogP contribution in [-0.4, -0.2) is 27.0 Å². The highest BCUT2D eigenvalue weighted by molar-refractivity contribution is 7.89. The van der Waals surface area contributed by atoms with E-state index < -0.39 is 38.7 Å². The third kappa shape index (κ3) is 3.47. The van der Waals surface area contributed by atoms with Crippen molar-refractivity contribution < 1.29 is 31.1 Å². The Morgan fingerprint density at radius 2 is 2.00 bits per heavy atom. The Labute approximate surface area is 123 Å². The van der Waals surface area contributed by atoms with Crippen molar-refractivity contribution in [2.24, 2.45) is 0 Å². The SMILES string of the molecule is O=C1OCCC1NS(=O)(=O)c1cc(C(F)(F)F)ccc1Cl. The van der Waals surface area contributed by atoms with Crippen LogP contribution >= 0.6 is 11.6 Å². The van der Waals surface area contributed by atoms with Gasteiger partial charge in [-0.05, 0) is 18.2 Å². The first kappa shape index (κ1) is 16.1. The number of rotatable bonds is 3. The molecule has 1 aliphatic rings. The van der Waals surface area contributed by atoms with E-state index in [2.05, 4.69) is 4.74 Å². The number of ether oxygens (including phenoxy) is 1. The average molecular weight is 344 g/mol. The zero-order chi connectivity index (χ0) is 15.8. The van der Waals surface area contributed by atoms with Crippen molar-refractivity contribution in [1.29, 1.82) is 0 Å². The molecule has 0 aromatic heterocycles. The van der Waals surface area contributed by atoms with Crippen LogP contribution in [0.5, 0.6) is 0 Å². The molecule has 1 fully saturated rings. The maximum atomic E-state index is 12.6. The summed E-state index contributed by atoms with van der Waals surface area (Å²) in [6, 6.07) is 0.808. The molecule has 0 bridgehead atoms. The van der Waals surface area contributed by atoms with Crippen LogP contribution in [0.25, 0.3) is 0 Å². The fraction of sp³-hybridized carbons (Fsp3) is 0.364. The second-order valence-electron chi connectivity index (χ2n) is 4.27. The van der Waals surface area contributed by atoms with E-state index in [-0.39, 0.29) is 18.1 Å². The van der Waals surface area contributed by atoms with E-state index in [1.54, 1.807) is 0 Å². The molecule has 0 radical (unpaired) electrons. The van der Waals surface area contributed by atoms with Gasteiger partial charge in [0.2, 0.25) is 10.0 Å². The maximum Gasteiger partial charge on any atom is 0.416 e. The standard InChI is InChI=1S/C11H9ClF3NO4S/c12-7-2-1-6(11(13,14)15)5-9(7)21(18,19)16-8-3-4-20-10(8)17/h1-2,5,8,16H,3-4H2. The van der Waals surface area contributed by atoms with Gasteiger partial charge in [0.25, 0.3) is 0 Å². The summed E-state index contributed by atoms with van der Waals surface area (Å²) >= 11 is 5.65. The normalized spacial score (nSPS) is 19.6. The van der Waals surface area contributed by atoms with Crippen LogP contribution in [0.15, 0.2) is 23.1 Å². The van der Waals surface area contributed by atoms with E-state index in [9.17, 15) is 26.4 Å². The molecule has 0 aliphatic carbocycles. The second-order valence-corrected chi connectivity index (χ2v) is 6.36. The molecular weight excluding hydrogens is 335 g/mol. The minimum atomic E-state index is -4.71. The highest BCUT2D eigenvalue weighted by Crippen LogP contribution is 2.33. The number of hydrogen-bond acceptors (Lipinski definition) is 4. The van der Waals surface area contributed by atoms with Crippen molar-refractivity contribution in [3.63, 3.8) is 0 Å². The summed E-state index contributed by atoms with van der Waals surface area (Å²) in [5.41, 5.74) is -1.15. The molecule has 1 unspecified atom stereocenters. The molecule has 116 valence electrons. The summed E-state index contributed by atoms with van der Waals surface area (Å²) in [6.45, 7) is 0.0440. The quantitative estimate of drug-likeness (QED) is 0.851. The number of benzene rings is 1. The largest absolute Gasteiger partial charge is 0.464 e. The van der Waals surface area contributed by atoms with Crippen LogP contribution in [0, 0.1) is 0 Å². The topological polar surface area (TPSA) is 72.5 Å². The van der Waals surface area contributed by atoms with Crippen LogP contribution in [0.1, 0.15) is 12.0 Å². The average Bonchev–Trinajstić information content (AvgIpc) is 2.73. The molecule has 1 aliphatic heterocycles. The van der Waals surface area contributed by atoms with Crippen LogP contribution in [-0.2, 0) is 25.7 Å². The molecule has 1 N–H and O–H groups in total. The van der Waals surface area contributed by atoms with E-state index in [0.717, 1.165) is 6.07 Å². The molecule has 0 saturated carbocycles. The van der Waals surface area contributed by atoms with Crippen LogP contribution in [0.2, 0.25) is 5.02 Å². The lowest BCUT2D eigenvalue weighted by Gasteiger charge is -2.13. The summed E-state index contributed by atoms with van der Waals surface area (Å²) in [6.07, 6.45) is -4.60. The predicted molar refractivity (Wildman–Crippen MR) is 66.1 cm³/mol. The van der Waals surface area contributed by atoms with Gasteiger partial charge in [0.1, 0.15) is 10.9 Å². The molecule has 1 saturated heterocycles. The molecule has 2 rings (SSSR count). The number of carbonyl (C=O) groups excluding carboxylic acids is 1. The zero-order valence-corrected chi connectivity index (χ0v) is 11.8. The van der Waals surface area contributed by atoms with Crippen molar-refractivity contribution in [1.82, 2.24) is 4.72 Å². The number of esters is 1. The Hall–Kier alpha value is -1.32. The number of carbonyl (C=O) groups is 1. The smallest absolute Gasteiger partial charge is 0.416 e. The molecule has 1 heterocycles. The van der Waals surface area contributed by atoms with E-state index in [1.807, 2.05) is 4.72 Å². The van der Waals surface area contributed by atoms with E-state index in [0.29, 0.717) is 12.1 Å². The third-order valence-corrected chi connectivity index (χ3v) is 4.73. The molecule has 1 aromatic rings. The zero-order valence-electron chi connectivity index (χ0n) is 10.3. The van der Waals surface area contributed by atoms with Crippen molar-refractivity contribution in [2.45, 2.75) is 23.5 Å². The van der Waals surface area contributed by atoms with Gasteiger partial charge in [0.05, 0.1) is 17.2 Å².